The number of carbonyl (C=O) groups excluding carboxylic acids is 1. The third kappa shape index (κ3) is 13.3. The lowest BCUT2D eigenvalue weighted by atomic mass is 10.2. The molecule has 12 nitrogen and oxygen atoms in total. The molecule has 0 bridgehead atoms. The van der Waals surface area contributed by atoms with Crippen LogP contribution in [-0.2, 0) is 19.3 Å². The summed E-state index contributed by atoms with van der Waals surface area (Å²) >= 11 is 0. The zero-order chi connectivity index (χ0) is 27.4. The van der Waals surface area contributed by atoms with E-state index in [4.69, 9.17) is 9.29 Å². The summed E-state index contributed by atoms with van der Waals surface area (Å²) in [5.74, 6) is 0. The zero-order valence-corrected chi connectivity index (χ0v) is 23.0. The van der Waals surface area contributed by atoms with Crippen LogP contribution in [0.1, 0.15) is 40.0 Å². The van der Waals surface area contributed by atoms with E-state index in [0.717, 1.165) is 44.3 Å². The highest BCUT2D eigenvalue weighted by Crippen LogP contribution is 2.22. The second kappa shape index (κ2) is 14.6. The van der Waals surface area contributed by atoms with Crippen LogP contribution in [0.4, 0.5) is 16.2 Å². The van der Waals surface area contributed by atoms with Gasteiger partial charge in [-0.05, 0) is 64.3 Å². The Labute approximate surface area is 214 Å². The van der Waals surface area contributed by atoms with Gasteiger partial charge in [-0.3, -0.25) is 8.74 Å². The molecular formula is C23H40N6O6S. The van der Waals surface area contributed by atoms with Gasteiger partial charge in [0.1, 0.15) is 5.60 Å². The first-order valence-corrected chi connectivity index (χ1v) is 12.9. The molecule has 1 heterocycles. The average Bonchev–Trinajstić information content (AvgIpc) is 3.13. The highest BCUT2D eigenvalue weighted by molar-refractivity contribution is 7.80. The van der Waals surface area contributed by atoms with Crippen molar-refractivity contribution in [3.63, 3.8) is 0 Å². The molecule has 36 heavy (non-hydrogen) atoms. The first-order valence-electron chi connectivity index (χ1n) is 11.6. The van der Waals surface area contributed by atoms with Crippen LogP contribution in [0.2, 0.25) is 0 Å². The maximum atomic E-state index is 11.6. The molecule has 0 aliphatic carbocycles. The van der Waals surface area contributed by atoms with Crippen LogP contribution in [0, 0.1) is 0 Å². The SMILES string of the molecule is CN(C)c1ccc(/N=N/C2N(C)C=CN2CCCCCNC(=O)OC(C)(C)C)cc1.COS(=O)(=O)O. The molecule has 1 unspecified atom stereocenters. The number of amides is 1. The molecule has 0 spiro atoms. The van der Waals surface area contributed by atoms with E-state index in [9.17, 15) is 13.2 Å². The summed E-state index contributed by atoms with van der Waals surface area (Å²) in [6, 6.07) is 8.02. The third-order valence-electron chi connectivity index (χ3n) is 4.77. The largest absolute Gasteiger partial charge is 0.444 e. The number of unbranched alkanes of at least 4 members (excludes halogenated alkanes) is 2. The summed E-state index contributed by atoms with van der Waals surface area (Å²) in [6.45, 7) is 7.09. The van der Waals surface area contributed by atoms with Gasteiger partial charge in [-0.1, -0.05) is 0 Å². The molecule has 204 valence electrons. The Morgan fingerprint density at radius 2 is 1.75 bits per heavy atom. The number of nitrogens with one attached hydrogen (secondary N) is 1. The van der Waals surface area contributed by atoms with Crippen LogP contribution >= 0.6 is 0 Å². The molecule has 0 saturated carbocycles. The van der Waals surface area contributed by atoms with Crippen molar-refractivity contribution in [3.8, 4) is 0 Å². The van der Waals surface area contributed by atoms with Gasteiger partial charge in [0, 0.05) is 52.3 Å². The lowest BCUT2D eigenvalue weighted by molar-refractivity contribution is 0.0526. The molecule has 1 atom stereocenters. The van der Waals surface area contributed by atoms with E-state index in [0.29, 0.717) is 6.54 Å². The minimum atomic E-state index is -4.16. The van der Waals surface area contributed by atoms with E-state index in [-0.39, 0.29) is 12.4 Å². The maximum Gasteiger partial charge on any atom is 0.407 e. The fourth-order valence-corrected chi connectivity index (χ4v) is 2.95. The number of hydrogen-bond acceptors (Lipinski definition) is 10. The van der Waals surface area contributed by atoms with Crippen molar-refractivity contribution in [2.75, 3.05) is 46.2 Å². The fourth-order valence-electron chi connectivity index (χ4n) is 2.95. The molecule has 1 aromatic rings. The molecule has 1 amide bonds. The Bertz CT molecular complexity index is 960. The predicted octanol–water partition coefficient (Wildman–Crippen LogP) is 3.97. The number of anilines is 1. The summed E-state index contributed by atoms with van der Waals surface area (Å²) in [7, 11) is 2.74. The number of alkyl carbamates (subject to hydrolysis) is 1. The standard InChI is InChI=1S/C22H36N6O2.CH4O4S/c1-22(2,3)30-21(29)23-14-8-7-9-15-28-17-16-27(6)20(28)25-24-18-10-12-19(13-11-18)26(4)5;1-5-6(2,3)4/h10-13,16-17,20H,7-9,14-15H2,1-6H3,(H,23,29);1H3,(H,2,3,4)/b25-24+;. The normalized spacial score (nSPS) is 15.6. The minimum Gasteiger partial charge on any atom is -0.444 e. The zero-order valence-electron chi connectivity index (χ0n) is 22.2. The van der Waals surface area contributed by atoms with Crippen molar-refractivity contribution in [1.82, 2.24) is 15.1 Å². The van der Waals surface area contributed by atoms with E-state index in [1.54, 1.807) is 0 Å². The van der Waals surface area contributed by atoms with E-state index in [2.05, 4.69) is 35.7 Å². The average molecular weight is 529 g/mol. The topological polar surface area (TPSA) is 136 Å². The van der Waals surface area contributed by atoms with Crippen molar-refractivity contribution in [2.24, 2.45) is 10.2 Å². The number of ether oxygens (including phenoxy) is 1. The Balaban J connectivity index is 0.000000960. The molecular weight excluding hydrogens is 488 g/mol. The van der Waals surface area contributed by atoms with Gasteiger partial charge in [-0.25, -0.2) is 4.79 Å². The minimum absolute atomic E-state index is 0.126. The van der Waals surface area contributed by atoms with E-state index in [1.165, 1.54) is 0 Å². The summed E-state index contributed by atoms with van der Waals surface area (Å²) < 4.78 is 34.9. The molecule has 1 aliphatic heterocycles. The van der Waals surface area contributed by atoms with Crippen molar-refractivity contribution in [2.45, 2.75) is 51.9 Å². The van der Waals surface area contributed by atoms with Crippen LogP contribution in [0.15, 0.2) is 46.9 Å². The van der Waals surface area contributed by atoms with E-state index in [1.807, 2.05) is 77.3 Å². The summed E-state index contributed by atoms with van der Waals surface area (Å²) in [5.41, 5.74) is 1.52. The molecule has 0 saturated heterocycles. The predicted molar refractivity (Wildman–Crippen MR) is 139 cm³/mol. The number of azo groups is 1. The number of nitrogens with zero attached hydrogens (tertiary/aromatic N) is 5. The van der Waals surface area contributed by atoms with Gasteiger partial charge in [0.25, 0.3) is 0 Å². The molecule has 13 heteroatoms. The summed E-state index contributed by atoms with van der Waals surface area (Å²) in [5, 5.41) is 11.7. The molecule has 2 rings (SSSR count). The maximum absolute atomic E-state index is 11.6. The van der Waals surface area contributed by atoms with Crippen LogP contribution in [0.25, 0.3) is 0 Å². The Hall–Kier alpha value is -2.90. The van der Waals surface area contributed by atoms with Crippen molar-refractivity contribution < 1.29 is 26.7 Å². The third-order valence-corrected chi connectivity index (χ3v) is 5.19. The number of hydrogen-bond donors (Lipinski definition) is 2. The van der Waals surface area contributed by atoms with Crippen LogP contribution in [-0.4, -0.2) is 82.1 Å². The molecule has 0 fully saturated rings. The van der Waals surface area contributed by atoms with Gasteiger partial charge in [-0.2, -0.15) is 13.5 Å². The highest BCUT2D eigenvalue weighted by Gasteiger charge is 2.22. The Morgan fingerprint density at radius 1 is 1.14 bits per heavy atom. The Kier molecular flexibility index (Phi) is 12.6. The first-order chi connectivity index (χ1) is 16.7. The molecule has 0 aromatic heterocycles. The number of benzene rings is 1. The molecule has 1 aromatic carbocycles. The van der Waals surface area contributed by atoms with E-state index < -0.39 is 16.0 Å². The molecule has 2 N–H and O–H groups in total. The summed E-state index contributed by atoms with van der Waals surface area (Å²) in [4.78, 5) is 17.9. The monoisotopic (exact) mass is 528 g/mol. The second-order valence-electron chi connectivity index (χ2n) is 9.26. The number of carbonyl (C=O) groups is 1. The van der Waals surface area contributed by atoms with Gasteiger partial charge in [0.2, 0.25) is 6.29 Å². The van der Waals surface area contributed by atoms with Crippen LogP contribution < -0.4 is 10.2 Å². The van der Waals surface area contributed by atoms with Gasteiger partial charge in [0.15, 0.2) is 0 Å². The Morgan fingerprint density at radius 3 is 2.28 bits per heavy atom. The van der Waals surface area contributed by atoms with Gasteiger partial charge >= 0.3 is 16.5 Å². The first kappa shape index (κ1) is 31.1. The van der Waals surface area contributed by atoms with E-state index >= 15 is 0 Å². The van der Waals surface area contributed by atoms with Crippen molar-refractivity contribution in [1.29, 1.82) is 0 Å². The highest BCUT2D eigenvalue weighted by atomic mass is 32.3. The summed E-state index contributed by atoms with van der Waals surface area (Å²) in [6.07, 6.45) is 6.53. The number of rotatable bonds is 10. The van der Waals surface area contributed by atoms with Crippen LogP contribution in [0.3, 0.4) is 0 Å². The lowest BCUT2D eigenvalue weighted by Crippen LogP contribution is -2.35. The molecule has 1 aliphatic rings. The molecule has 0 radical (unpaired) electrons. The van der Waals surface area contributed by atoms with Gasteiger partial charge in [0.05, 0.1) is 12.8 Å². The van der Waals surface area contributed by atoms with Crippen LogP contribution in [0.5, 0.6) is 0 Å². The van der Waals surface area contributed by atoms with Crippen molar-refractivity contribution in [3.05, 3.63) is 36.7 Å². The lowest BCUT2D eigenvalue weighted by Gasteiger charge is -2.25. The second-order valence-corrected chi connectivity index (χ2v) is 10.4. The smallest absolute Gasteiger partial charge is 0.407 e. The quantitative estimate of drug-likeness (QED) is 0.262. The fraction of sp³-hybridized carbons (Fsp3) is 0.609. The van der Waals surface area contributed by atoms with Crippen molar-refractivity contribution >= 4 is 27.9 Å². The van der Waals surface area contributed by atoms with Gasteiger partial charge in [-0.15, -0.1) is 5.11 Å². The van der Waals surface area contributed by atoms with Gasteiger partial charge < -0.3 is 24.8 Å².